The molecule has 0 aromatic carbocycles. The molecule has 0 unspecified atom stereocenters. The largest absolute Gasteiger partial charge is 0.467 e. The van der Waals surface area contributed by atoms with E-state index < -0.39 is 31.4 Å². The normalized spacial score (nSPS) is 24.7. The van der Waals surface area contributed by atoms with Gasteiger partial charge < -0.3 is 30.1 Å². The van der Waals surface area contributed by atoms with Crippen molar-refractivity contribution < 1.29 is 24.8 Å². The molecule has 0 bridgehead atoms. The summed E-state index contributed by atoms with van der Waals surface area (Å²) in [6.07, 6.45) is 5.56. The lowest BCUT2D eigenvalue weighted by Crippen LogP contribution is -2.31. The van der Waals surface area contributed by atoms with E-state index >= 15 is 0 Å². The molecule has 1 saturated heterocycles. The van der Waals surface area contributed by atoms with Crippen molar-refractivity contribution in [3.05, 3.63) is 18.0 Å². The minimum absolute atomic E-state index is 0.0213. The third-order valence-electron chi connectivity index (χ3n) is 5.18. The minimum atomic E-state index is -1.28. The summed E-state index contributed by atoms with van der Waals surface area (Å²) in [5, 5.41) is 33.5. The van der Waals surface area contributed by atoms with Crippen LogP contribution in [0.3, 0.4) is 0 Å². The maximum absolute atomic E-state index is 10.7. The predicted octanol–water partition coefficient (Wildman–Crippen LogP) is 0.904. The van der Waals surface area contributed by atoms with Crippen molar-refractivity contribution >= 4 is 30.2 Å². The van der Waals surface area contributed by atoms with Crippen LogP contribution in [0.1, 0.15) is 19.6 Å². The quantitative estimate of drug-likeness (QED) is 0.323. The Bertz CT molecular complexity index is 988. The number of aromatic nitrogens is 4. The fraction of sp³-hybridized carbons (Fsp3) is 0.600. The third kappa shape index (κ3) is 5.45. The number of methoxy groups -OCH3 is 1. The SMILES string of the molecule is C=P(C)(C)CC[C@H]1O[C@@H](n2cnc3c(NC/C=C(/C)CO)nc(OC)nc32)[C@H](O)[C@@H]1O. The summed E-state index contributed by atoms with van der Waals surface area (Å²) in [4.78, 5) is 13.1. The van der Waals surface area contributed by atoms with Crippen molar-refractivity contribution in [3.8, 4) is 6.01 Å². The second-order valence-electron chi connectivity index (χ2n) is 8.47. The minimum Gasteiger partial charge on any atom is -0.467 e. The van der Waals surface area contributed by atoms with E-state index in [2.05, 4.69) is 39.9 Å². The van der Waals surface area contributed by atoms with Crippen LogP contribution in [0.25, 0.3) is 11.2 Å². The molecule has 3 rings (SSSR count). The second-order valence-corrected chi connectivity index (χ2v) is 12.8. The van der Waals surface area contributed by atoms with Crippen molar-refractivity contribution in [3.63, 3.8) is 0 Å². The Hall–Kier alpha value is -1.97. The first-order chi connectivity index (χ1) is 14.6. The van der Waals surface area contributed by atoms with Gasteiger partial charge in [0.1, 0.15) is 12.2 Å². The van der Waals surface area contributed by atoms with E-state index in [4.69, 9.17) is 14.6 Å². The fourth-order valence-electron chi connectivity index (χ4n) is 3.36. The summed E-state index contributed by atoms with van der Waals surface area (Å²) in [5.41, 5.74) is 1.72. The van der Waals surface area contributed by atoms with Gasteiger partial charge in [-0.2, -0.15) is 9.97 Å². The van der Waals surface area contributed by atoms with Crippen LogP contribution in [0.5, 0.6) is 6.01 Å². The molecule has 1 aliphatic heterocycles. The van der Waals surface area contributed by atoms with Crippen LogP contribution in [0.15, 0.2) is 18.0 Å². The average Bonchev–Trinajstić information content (AvgIpc) is 3.27. The molecule has 0 saturated carbocycles. The molecule has 10 nitrogen and oxygen atoms in total. The van der Waals surface area contributed by atoms with Crippen molar-refractivity contribution in [1.82, 2.24) is 19.5 Å². The summed E-state index contributed by atoms with van der Waals surface area (Å²) in [6.45, 7) is 5.21. The zero-order valence-corrected chi connectivity index (χ0v) is 19.3. The summed E-state index contributed by atoms with van der Waals surface area (Å²) >= 11 is 0. The number of hydrogen-bond donors (Lipinski definition) is 4. The molecular weight excluding hydrogens is 421 g/mol. The van der Waals surface area contributed by atoms with Crippen LogP contribution in [-0.2, 0) is 4.74 Å². The van der Waals surface area contributed by atoms with Crippen LogP contribution in [0.4, 0.5) is 5.82 Å². The van der Waals surface area contributed by atoms with Crippen molar-refractivity contribution in [1.29, 1.82) is 0 Å². The molecule has 1 aliphatic rings. The molecule has 4 atom stereocenters. The Morgan fingerprint density at radius 2 is 2.10 bits per heavy atom. The molecule has 11 heteroatoms. The van der Waals surface area contributed by atoms with E-state index in [0.29, 0.717) is 29.9 Å². The van der Waals surface area contributed by atoms with E-state index in [-0.39, 0.29) is 12.6 Å². The van der Waals surface area contributed by atoms with Gasteiger partial charge in [-0.1, -0.05) is 11.6 Å². The Morgan fingerprint density at radius 1 is 1.35 bits per heavy atom. The number of aliphatic hydroxyl groups excluding tert-OH is 3. The Morgan fingerprint density at radius 3 is 2.74 bits per heavy atom. The summed E-state index contributed by atoms with van der Waals surface area (Å²) in [5.74, 6) is 0.454. The number of anilines is 1. The van der Waals surface area contributed by atoms with Crippen LogP contribution < -0.4 is 10.1 Å². The molecule has 0 spiro atoms. The summed E-state index contributed by atoms with van der Waals surface area (Å²) < 4.78 is 12.9. The van der Waals surface area contributed by atoms with Gasteiger partial charge in [0.05, 0.1) is 26.1 Å². The standard InChI is InChI=1S/C20H32N5O5P/c1-12(10-26)6-8-21-17-14-18(24-20(23-17)29-2)25(11-22-14)19-16(28)15(27)13(30-19)7-9-31(3,4)5/h6,11,13,15-16,19,26-28H,3,7-10H2,1-2,4-5H3,(H,21,23,24)/b12-6-/t13-,15-,16-,19-/m1/s1. The molecule has 3 heterocycles. The number of imidazole rings is 1. The molecule has 31 heavy (non-hydrogen) atoms. The highest BCUT2D eigenvalue weighted by molar-refractivity contribution is 7.72. The second kappa shape index (κ2) is 9.67. The van der Waals surface area contributed by atoms with Gasteiger partial charge in [-0.05, 0) is 32.8 Å². The molecule has 172 valence electrons. The van der Waals surface area contributed by atoms with Crippen LogP contribution in [-0.4, -0.2) is 99.2 Å². The fourth-order valence-corrected chi connectivity index (χ4v) is 4.31. The summed E-state index contributed by atoms with van der Waals surface area (Å²) in [7, 11) is 1.46. The lowest BCUT2D eigenvalue weighted by molar-refractivity contribution is -0.0353. The van der Waals surface area contributed by atoms with Gasteiger partial charge in [0.25, 0.3) is 0 Å². The van der Waals surface area contributed by atoms with Gasteiger partial charge in [0.2, 0.25) is 0 Å². The lowest BCUT2D eigenvalue weighted by atomic mass is 10.1. The number of nitrogens with zero attached hydrogens (tertiary/aromatic N) is 4. The first-order valence-electron chi connectivity index (χ1n) is 10.1. The van der Waals surface area contributed by atoms with Crippen LogP contribution in [0.2, 0.25) is 0 Å². The van der Waals surface area contributed by atoms with Gasteiger partial charge in [0.15, 0.2) is 23.2 Å². The first kappa shape index (κ1) is 23.7. The smallest absolute Gasteiger partial charge is 0.320 e. The monoisotopic (exact) mass is 453 g/mol. The van der Waals surface area contributed by atoms with Gasteiger partial charge in [-0.25, -0.2) is 4.98 Å². The molecule has 0 aliphatic carbocycles. The zero-order chi connectivity index (χ0) is 22.8. The molecule has 1 fully saturated rings. The van der Waals surface area contributed by atoms with E-state index in [1.807, 2.05) is 13.0 Å². The first-order valence-corrected chi connectivity index (χ1v) is 13.2. The summed E-state index contributed by atoms with van der Waals surface area (Å²) in [6, 6.07) is 0.132. The number of rotatable bonds is 9. The number of aliphatic hydroxyl groups is 3. The highest BCUT2D eigenvalue weighted by Gasteiger charge is 2.44. The molecule has 0 amide bonds. The molecule has 2 aromatic heterocycles. The van der Waals surface area contributed by atoms with Gasteiger partial charge in [-0.3, -0.25) is 4.57 Å². The number of nitrogens with one attached hydrogen (secondary N) is 1. The number of hydrogen-bond acceptors (Lipinski definition) is 9. The van der Waals surface area contributed by atoms with Crippen molar-refractivity contribution in [2.45, 2.75) is 37.9 Å². The third-order valence-corrected chi connectivity index (χ3v) is 6.65. The van der Waals surface area contributed by atoms with E-state index in [0.717, 1.165) is 11.7 Å². The van der Waals surface area contributed by atoms with Gasteiger partial charge >= 0.3 is 6.01 Å². The zero-order valence-electron chi connectivity index (χ0n) is 18.4. The topological polar surface area (TPSA) is 135 Å². The van der Waals surface area contributed by atoms with Crippen molar-refractivity contribution in [2.24, 2.45) is 0 Å². The molecular formula is C20H32N5O5P. The number of fused-ring (bicyclic) bond motifs is 1. The van der Waals surface area contributed by atoms with Crippen LogP contribution in [0, 0.1) is 0 Å². The maximum atomic E-state index is 10.7. The van der Waals surface area contributed by atoms with E-state index in [9.17, 15) is 10.2 Å². The molecule has 2 aromatic rings. The van der Waals surface area contributed by atoms with E-state index in [1.54, 1.807) is 4.57 Å². The van der Waals surface area contributed by atoms with Crippen molar-refractivity contribution in [2.75, 3.05) is 45.1 Å². The highest BCUT2D eigenvalue weighted by atomic mass is 31.2. The van der Waals surface area contributed by atoms with Crippen LogP contribution >= 0.6 is 6.89 Å². The van der Waals surface area contributed by atoms with E-state index in [1.165, 1.54) is 13.4 Å². The lowest BCUT2D eigenvalue weighted by Gasteiger charge is -2.18. The Balaban J connectivity index is 1.89. The average molecular weight is 453 g/mol. The predicted molar refractivity (Wildman–Crippen MR) is 123 cm³/mol. The molecule has 0 radical (unpaired) electrons. The number of ether oxygens (including phenoxy) is 2. The van der Waals surface area contributed by atoms with Gasteiger partial charge in [0, 0.05) is 6.54 Å². The Kier molecular flexibility index (Phi) is 7.39. The van der Waals surface area contributed by atoms with Gasteiger partial charge in [-0.15, -0.1) is 13.2 Å². The molecule has 4 N–H and O–H groups in total. The maximum Gasteiger partial charge on any atom is 0.320 e. The Labute approximate surface area is 181 Å². The highest BCUT2D eigenvalue weighted by Crippen LogP contribution is 2.40.